The van der Waals surface area contributed by atoms with Crippen LogP contribution in [0.15, 0.2) is 60.7 Å². The van der Waals surface area contributed by atoms with E-state index < -0.39 is 0 Å². The van der Waals surface area contributed by atoms with Gasteiger partial charge in [0.15, 0.2) is 0 Å². The van der Waals surface area contributed by atoms with Crippen molar-refractivity contribution in [2.24, 2.45) is 0 Å². The number of carbonyl (C=O) groups is 2. The molecule has 0 radical (unpaired) electrons. The predicted molar refractivity (Wildman–Crippen MR) is 112 cm³/mol. The zero-order valence-electron chi connectivity index (χ0n) is 16.1. The van der Waals surface area contributed by atoms with Gasteiger partial charge in [0.25, 0.3) is 5.91 Å². The topological polar surface area (TPSA) is 67.4 Å². The molecule has 0 aliphatic heterocycles. The smallest absolute Gasteiger partial charge is 0.251 e. The minimum atomic E-state index is -0.169. The highest BCUT2D eigenvalue weighted by atomic mass is 16.5. The van der Waals surface area contributed by atoms with E-state index in [4.69, 9.17) is 4.74 Å². The molecule has 28 heavy (non-hydrogen) atoms. The third-order valence-corrected chi connectivity index (χ3v) is 4.63. The Morgan fingerprint density at radius 3 is 2.54 bits per heavy atom. The number of ether oxygens (including phenoxy) is 1. The zero-order chi connectivity index (χ0) is 19.9. The summed E-state index contributed by atoms with van der Waals surface area (Å²) < 4.78 is 5.88. The van der Waals surface area contributed by atoms with Gasteiger partial charge in [-0.15, -0.1) is 0 Å². The van der Waals surface area contributed by atoms with Crippen molar-refractivity contribution in [3.8, 4) is 5.75 Å². The van der Waals surface area contributed by atoms with Gasteiger partial charge in [0.2, 0.25) is 5.91 Å². The van der Waals surface area contributed by atoms with Crippen LogP contribution in [0.5, 0.6) is 5.75 Å². The molecule has 5 heteroatoms. The monoisotopic (exact) mass is 376 g/mol. The van der Waals surface area contributed by atoms with Crippen LogP contribution in [0.25, 0.3) is 10.8 Å². The van der Waals surface area contributed by atoms with Gasteiger partial charge in [0.05, 0.1) is 6.61 Å². The second-order valence-corrected chi connectivity index (χ2v) is 6.53. The van der Waals surface area contributed by atoms with Crippen LogP contribution in [-0.2, 0) is 4.79 Å². The molecule has 0 saturated carbocycles. The van der Waals surface area contributed by atoms with Crippen LogP contribution in [0.1, 0.15) is 28.8 Å². The molecule has 2 N–H and O–H groups in total. The van der Waals surface area contributed by atoms with Gasteiger partial charge < -0.3 is 15.4 Å². The number of benzene rings is 3. The first-order valence-electron chi connectivity index (χ1n) is 9.32. The van der Waals surface area contributed by atoms with E-state index in [0.29, 0.717) is 30.7 Å². The fourth-order valence-corrected chi connectivity index (χ4v) is 3.10. The Bertz CT molecular complexity index is 993. The van der Waals surface area contributed by atoms with E-state index in [1.807, 2.05) is 49.4 Å². The van der Waals surface area contributed by atoms with Crippen LogP contribution >= 0.6 is 0 Å². The highest BCUT2D eigenvalue weighted by Gasteiger charge is 2.12. The molecule has 5 nitrogen and oxygen atoms in total. The average molecular weight is 376 g/mol. The predicted octanol–water partition coefficient (Wildman–Crippen LogP) is 4.31. The summed E-state index contributed by atoms with van der Waals surface area (Å²) in [6.07, 6.45) is 0.942. The van der Waals surface area contributed by atoms with Gasteiger partial charge in [0.1, 0.15) is 5.75 Å². The first-order chi connectivity index (χ1) is 13.6. The van der Waals surface area contributed by atoms with Crippen LogP contribution < -0.4 is 15.4 Å². The second kappa shape index (κ2) is 9.04. The summed E-state index contributed by atoms with van der Waals surface area (Å²) in [6.45, 7) is 2.28. The minimum Gasteiger partial charge on any atom is -0.493 e. The van der Waals surface area contributed by atoms with Crippen LogP contribution in [-0.4, -0.2) is 25.5 Å². The summed E-state index contributed by atoms with van der Waals surface area (Å²) in [4.78, 5) is 24.1. The Hall–Kier alpha value is -3.34. The van der Waals surface area contributed by atoms with E-state index in [1.54, 1.807) is 25.2 Å². The number of hydrogen-bond donors (Lipinski definition) is 2. The van der Waals surface area contributed by atoms with Gasteiger partial charge in [-0.3, -0.25) is 9.59 Å². The van der Waals surface area contributed by atoms with Crippen LogP contribution in [0.3, 0.4) is 0 Å². The molecule has 0 saturated heterocycles. The molecule has 0 spiro atoms. The maximum absolute atomic E-state index is 12.3. The molecule has 0 aliphatic rings. The summed E-state index contributed by atoms with van der Waals surface area (Å²) in [6, 6.07) is 19.3. The molecule has 0 fully saturated rings. The largest absolute Gasteiger partial charge is 0.493 e. The molecule has 3 rings (SSSR count). The second-order valence-electron chi connectivity index (χ2n) is 6.53. The van der Waals surface area contributed by atoms with Crippen LogP contribution in [0.2, 0.25) is 0 Å². The molecule has 3 aromatic rings. The lowest BCUT2D eigenvalue weighted by Gasteiger charge is -2.12. The normalized spacial score (nSPS) is 10.5. The lowest BCUT2D eigenvalue weighted by Crippen LogP contribution is -2.20. The fraction of sp³-hybridized carbons (Fsp3) is 0.217. The summed E-state index contributed by atoms with van der Waals surface area (Å²) in [5.41, 5.74) is 1.96. The zero-order valence-corrected chi connectivity index (χ0v) is 16.1. The highest BCUT2D eigenvalue weighted by molar-refractivity contribution is 5.99. The first kappa shape index (κ1) is 19.4. The van der Waals surface area contributed by atoms with E-state index in [1.165, 1.54) is 0 Å². The van der Waals surface area contributed by atoms with E-state index in [-0.39, 0.29) is 11.8 Å². The summed E-state index contributed by atoms with van der Waals surface area (Å²) in [7, 11) is 1.59. The van der Waals surface area contributed by atoms with Gasteiger partial charge in [-0.2, -0.15) is 0 Å². The number of anilines is 1. The maximum atomic E-state index is 12.3. The van der Waals surface area contributed by atoms with Crippen molar-refractivity contribution in [3.05, 3.63) is 71.8 Å². The standard InChI is InChI=1S/C23H24N2O3/c1-16-18(23(27)24-2)11-6-12-20(16)25-22(26)14-7-15-28-21-13-5-9-17-8-3-4-10-19(17)21/h3-6,8-13H,7,14-15H2,1-2H3,(H,24,27)(H,25,26). The molecular formula is C23H24N2O3. The lowest BCUT2D eigenvalue weighted by atomic mass is 10.1. The molecule has 0 atom stereocenters. The summed E-state index contributed by atoms with van der Waals surface area (Å²) >= 11 is 0. The Morgan fingerprint density at radius 2 is 1.71 bits per heavy atom. The molecule has 2 amide bonds. The Labute approximate surface area is 164 Å². The molecule has 3 aromatic carbocycles. The van der Waals surface area contributed by atoms with Crippen molar-refractivity contribution in [1.82, 2.24) is 5.32 Å². The Morgan fingerprint density at radius 1 is 0.964 bits per heavy atom. The molecule has 0 unspecified atom stereocenters. The number of fused-ring (bicyclic) bond motifs is 1. The molecule has 144 valence electrons. The van der Waals surface area contributed by atoms with Gasteiger partial charge >= 0.3 is 0 Å². The van der Waals surface area contributed by atoms with Gasteiger partial charge in [-0.05, 0) is 42.5 Å². The fourth-order valence-electron chi connectivity index (χ4n) is 3.10. The van der Waals surface area contributed by atoms with E-state index in [0.717, 1.165) is 22.1 Å². The number of hydrogen-bond acceptors (Lipinski definition) is 3. The van der Waals surface area contributed by atoms with Crippen molar-refractivity contribution >= 4 is 28.3 Å². The summed E-state index contributed by atoms with van der Waals surface area (Å²) in [5, 5.41) is 7.68. The quantitative estimate of drug-likeness (QED) is 0.604. The molecule has 0 aromatic heterocycles. The Balaban J connectivity index is 1.53. The van der Waals surface area contributed by atoms with Gasteiger partial charge in [0, 0.05) is 30.1 Å². The van der Waals surface area contributed by atoms with E-state index >= 15 is 0 Å². The molecule has 0 heterocycles. The lowest BCUT2D eigenvalue weighted by molar-refractivity contribution is -0.116. The number of nitrogens with one attached hydrogen (secondary N) is 2. The van der Waals surface area contributed by atoms with Crippen LogP contribution in [0, 0.1) is 6.92 Å². The third kappa shape index (κ3) is 4.49. The van der Waals surface area contributed by atoms with E-state index in [9.17, 15) is 9.59 Å². The van der Waals surface area contributed by atoms with Crippen molar-refractivity contribution < 1.29 is 14.3 Å². The van der Waals surface area contributed by atoms with Crippen molar-refractivity contribution in [2.45, 2.75) is 19.8 Å². The SMILES string of the molecule is CNC(=O)c1cccc(NC(=O)CCCOc2cccc3ccccc23)c1C. The number of carbonyl (C=O) groups excluding carboxylic acids is 2. The average Bonchev–Trinajstić information content (AvgIpc) is 2.72. The number of amides is 2. The number of rotatable bonds is 7. The minimum absolute atomic E-state index is 0.0984. The molecule has 0 aliphatic carbocycles. The van der Waals surface area contributed by atoms with Gasteiger partial charge in [-0.1, -0.05) is 42.5 Å². The summed E-state index contributed by atoms with van der Waals surface area (Å²) in [5.74, 6) is 0.559. The molecule has 0 bridgehead atoms. The molecular weight excluding hydrogens is 352 g/mol. The maximum Gasteiger partial charge on any atom is 0.251 e. The van der Waals surface area contributed by atoms with Crippen molar-refractivity contribution in [1.29, 1.82) is 0 Å². The highest BCUT2D eigenvalue weighted by Crippen LogP contribution is 2.25. The van der Waals surface area contributed by atoms with Gasteiger partial charge in [-0.25, -0.2) is 0 Å². The Kier molecular flexibility index (Phi) is 6.27. The van der Waals surface area contributed by atoms with Crippen molar-refractivity contribution in [3.63, 3.8) is 0 Å². The van der Waals surface area contributed by atoms with Crippen molar-refractivity contribution in [2.75, 3.05) is 19.0 Å². The third-order valence-electron chi connectivity index (χ3n) is 4.63. The van der Waals surface area contributed by atoms with Crippen LogP contribution in [0.4, 0.5) is 5.69 Å². The first-order valence-corrected chi connectivity index (χ1v) is 9.32. The van der Waals surface area contributed by atoms with E-state index in [2.05, 4.69) is 10.6 Å².